The number of aromatic nitrogens is 2. The van der Waals surface area contributed by atoms with Gasteiger partial charge in [0.25, 0.3) is 0 Å². The van der Waals surface area contributed by atoms with Crippen LogP contribution in [0.2, 0.25) is 0 Å². The van der Waals surface area contributed by atoms with Gasteiger partial charge in [-0.3, -0.25) is 9.69 Å². The van der Waals surface area contributed by atoms with E-state index in [1.165, 1.54) is 5.69 Å². The molecule has 0 N–H and O–H groups in total. The Morgan fingerprint density at radius 2 is 1.93 bits per heavy atom. The quantitative estimate of drug-likeness (QED) is 0.712. The highest BCUT2D eigenvalue weighted by Gasteiger charge is 2.22. The molecule has 0 saturated carbocycles. The number of anilines is 1. The molecule has 27 heavy (non-hydrogen) atoms. The molecule has 6 heteroatoms. The summed E-state index contributed by atoms with van der Waals surface area (Å²) in [6.07, 6.45) is 8.37. The number of Topliss-reactive ketones (excluding diaryl/α,β-unsaturated/α-hetero) is 1. The highest BCUT2D eigenvalue weighted by Crippen LogP contribution is 2.26. The molecule has 3 aromatic rings. The van der Waals surface area contributed by atoms with E-state index in [-0.39, 0.29) is 0 Å². The van der Waals surface area contributed by atoms with Crippen molar-refractivity contribution in [3.63, 3.8) is 0 Å². The van der Waals surface area contributed by atoms with Crippen LogP contribution in [0.25, 0.3) is 11.0 Å². The maximum atomic E-state index is 12.0. The van der Waals surface area contributed by atoms with Crippen molar-refractivity contribution in [3.05, 3.63) is 48.1 Å². The van der Waals surface area contributed by atoms with Gasteiger partial charge >= 0.3 is 0 Å². The average molecular weight is 364 g/mol. The number of hydrogen-bond donors (Lipinski definition) is 0. The van der Waals surface area contributed by atoms with Crippen LogP contribution in [0, 0.1) is 0 Å². The van der Waals surface area contributed by atoms with Gasteiger partial charge in [0.2, 0.25) is 0 Å². The molecule has 3 aromatic heterocycles. The van der Waals surface area contributed by atoms with Crippen molar-refractivity contribution in [1.82, 2.24) is 14.5 Å². The van der Waals surface area contributed by atoms with Gasteiger partial charge in [-0.2, -0.15) is 0 Å². The van der Waals surface area contributed by atoms with Crippen molar-refractivity contribution in [2.75, 3.05) is 37.6 Å². The molecule has 2 aliphatic rings. The van der Waals surface area contributed by atoms with Crippen LogP contribution >= 0.6 is 0 Å². The van der Waals surface area contributed by atoms with Gasteiger partial charge in [0.1, 0.15) is 11.4 Å². The maximum absolute atomic E-state index is 12.0. The molecule has 6 nitrogen and oxygen atoms in total. The van der Waals surface area contributed by atoms with Crippen molar-refractivity contribution in [2.45, 2.75) is 25.8 Å². The summed E-state index contributed by atoms with van der Waals surface area (Å²) in [5, 5.41) is 1.09. The molecule has 1 fully saturated rings. The number of furan rings is 1. The van der Waals surface area contributed by atoms with Crippen LogP contribution < -0.4 is 4.90 Å². The summed E-state index contributed by atoms with van der Waals surface area (Å²) in [6, 6.07) is 5.92. The molecule has 1 saturated heterocycles. The second kappa shape index (κ2) is 6.85. The highest BCUT2D eigenvalue weighted by atomic mass is 16.3. The first-order valence-corrected chi connectivity index (χ1v) is 9.80. The predicted octanol–water partition coefficient (Wildman–Crippen LogP) is 2.97. The molecule has 1 aliphatic carbocycles. The molecular formula is C21H24N4O2. The number of carbonyl (C=O) groups is 1. The molecule has 1 aliphatic heterocycles. The number of hydrogen-bond acceptors (Lipinski definition) is 5. The normalized spacial score (nSPS) is 18.2. The molecule has 0 atom stereocenters. The van der Waals surface area contributed by atoms with Crippen LogP contribution in [0.15, 0.2) is 41.3 Å². The van der Waals surface area contributed by atoms with Gasteiger partial charge in [0, 0.05) is 69.3 Å². The fraction of sp³-hybridized carbons (Fsp3) is 0.429. The zero-order valence-electron chi connectivity index (χ0n) is 15.4. The van der Waals surface area contributed by atoms with Crippen LogP contribution in [0.3, 0.4) is 0 Å². The molecule has 5 rings (SSSR count). The van der Waals surface area contributed by atoms with Gasteiger partial charge in [-0.25, -0.2) is 4.98 Å². The Balaban J connectivity index is 1.21. The van der Waals surface area contributed by atoms with E-state index in [0.717, 1.165) is 74.5 Å². The van der Waals surface area contributed by atoms with E-state index in [1.807, 2.05) is 24.4 Å². The third-order valence-corrected chi connectivity index (χ3v) is 5.88. The summed E-state index contributed by atoms with van der Waals surface area (Å²) < 4.78 is 7.78. The van der Waals surface area contributed by atoms with E-state index in [0.29, 0.717) is 12.2 Å². The molecule has 0 radical (unpaired) electrons. The summed E-state index contributed by atoms with van der Waals surface area (Å²) in [7, 11) is 0. The topological polar surface area (TPSA) is 54.5 Å². The van der Waals surface area contributed by atoms with Crippen LogP contribution in [-0.2, 0) is 13.0 Å². The number of nitrogens with zero attached hydrogens (tertiary/aromatic N) is 4. The minimum Gasteiger partial charge on any atom is -0.464 e. The Morgan fingerprint density at radius 1 is 1.04 bits per heavy atom. The third-order valence-electron chi connectivity index (χ3n) is 5.88. The first kappa shape index (κ1) is 16.6. The molecule has 4 heterocycles. The van der Waals surface area contributed by atoms with Gasteiger partial charge in [-0.05, 0) is 31.0 Å². The minimum absolute atomic E-state index is 0.310. The number of rotatable bonds is 4. The lowest BCUT2D eigenvalue weighted by Gasteiger charge is -2.35. The Kier molecular flexibility index (Phi) is 4.20. The van der Waals surface area contributed by atoms with Gasteiger partial charge in [-0.1, -0.05) is 0 Å². The highest BCUT2D eigenvalue weighted by molar-refractivity contribution is 5.98. The van der Waals surface area contributed by atoms with E-state index in [2.05, 4.69) is 25.5 Å². The van der Waals surface area contributed by atoms with Gasteiger partial charge in [0.15, 0.2) is 5.78 Å². The summed E-state index contributed by atoms with van der Waals surface area (Å²) >= 11 is 0. The Bertz CT molecular complexity index is 966. The number of fused-ring (bicyclic) bond motifs is 2. The van der Waals surface area contributed by atoms with Crippen LogP contribution in [-0.4, -0.2) is 53.0 Å². The van der Waals surface area contributed by atoms with E-state index < -0.39 is 0 Å². The molecular weight excluding hydrogens is 340 g/mol. The lowest BCUT2D eigenvalue weighted by Crippen LogP contribution is -2.47. The SMILES string of the molecule is O=C1CCCc2c1ccn2CCN1CCN(c2nccc3occc23)CC1. The van der Waals surface area contributed by atoms with E-state index in [4.69, 9.17) is 4.42 Å². The van der Waals surface area contributed by atoms with Crippen molar-refractivity contribution in [3.8, 4) is 0 Å². The maximum Gasteiger partial charge on any atom is 0.164 e. The Morgan fingerprint density at radius 3 is 2.81 bits per heavy atom. The van der Waals surface area contributed by atoms with Crippen molar-refractivity contribution >= 4 is 22.6 Å². The van der Waals surface area contributed by atoms with Crippen molar-refractivity contribution in [2.24, 2.45) is 0 Å². The predicted molar refractivity (Wildman–Crippen MR) is 104 cm³/mol. The Hall–Kier alpha value is -2.60. The third kappa shape index (κ3) is 3.04. The summed E-state index contributed by atoms with van der Waals surface area (Å²) in [5.74, 6) is 1.34. The van der Waals surface area contributed by atoms with Crippen LogP contribution in [0.4, 0.5) is 5.82 Å². The molecule has 0 aromatic carbocycles. The first-order valence-electron chi connectivity index (χ1n) is 9.80. The van der Waals surface area contributed by atoms with E-state index in [1.54, 1.807) is 6.26 Å². The fourth-order valence-corrected chi connectivity index (χ4v) is 4.36. The number of carbonyl (C=O) groups excluding carboxylic acids is 1. The lowest BCUT2D eigenvalue weighted by atomic mass is 9.97. The number of piperazine rings is 1. The van der Waals surface area contributed by atoms with Crippen molar-refractivity contribution in [1.29, 1.82) is 0 Å². The largest absolute Gasteiger partial charge is 0.464 e. The van der Waals surface area contributed by atoms with Gasteiger partial charge < -0.3 is 13.9 Å². The monoisotopic (exact) mass is 364 g/mol. The average Bonchev–Trinajstić information content (AvgIpc) is 3.34. The van der Waals surface area contributed by atoms with Crippen LogP contribution in [0.5, 0.6) is 0 Å². The van der Waals surface area contributed by atoms with Crippen LogP contribution in [0.1, 0.15) is 28.9 Å². The molecule has 140 valence electrons. The molecule has 0 spiro atoms. The molecule has 0 amide bonds. The standard InChI is InChI=1S/C21H24N4O2/c26-19-3-1-2-18-16(19)5-8-24(18)12-9-23-10-13-25(14-11-23)21-17-6-15-27-20(17)4-7-22-21/h4-8,15H,1-3,9-14H2. The van der Waals surface area contributed by atoms with E-state index in [9.17, 15) is 4.79 Å². The fourth-order valence-electron chi connectivity index (χ4n) is 4.36. The second-order valence-electron chi connectivity index (χ2n) is 7.44. The molecule has 0 bridgehead atoms. The van der Waals surface area contributed by atoms with Gasteiger partial charge in [-0.15, -0.1) is 0 Å². The van der Waals surface area contributed by atoms with E-state index >= 15 is 0 Å². The summed E-state index contributed by atoms with van der Waals surface area (Å²) in [6.45, 7) is 5.97. The Labute approximate surface area is 158 Å². The minimum atomic E-state index is 0.310. The zero-order chi connectivity index (χ0) is 18.2. The van der Waals surface area contributed by atoms with Crippen molar-refractivity contribution < 1.29 is 9.21 Å². The van der Waals surface area contributed by atoms with Gasteiger partial charge in [0.05, 0.1) is 11.6 Å². The summed E-state index contributed by atoms with van der Waals surface area (Å²) in [4.78, 5) is 21.4. The lowest BCUT2D eigenvalue weighted by molar-refractivity contribution is 0.0971. The molecule has 0 unspecified atom stereocenters. The number of ketones is 1. The smallest absolute Gasteiger partial charge is 0.164 e. The zero-order valence-corrected chi connectivity index (χ0v) is 15.4. The first-order chi connectivity index (χ1) is 13.3. The number of pyridine rings is 1. The second-order valence-corrected chi connectivity index (χ2v) is 7.44. The summed E-state index contributed by atoms with van der Waals surface area (Å²) in [5.41, 5.74) is 3.08.